The molecule has 4 heteroatoms. The molecule has 1 atom stereocenters. The van der Waals surface area contributed by atoms with Crippen molar-refractivity contribution in [2.24, 2.45) is 0 Å². The number of hydrogen-bond donors (Lipinski definition) is 0. The Labute approximate surface area is 392 Å². The summed E-state index contributed by atoms with van der Waals surface area (Å²) in [6, 6.07) is 71.5. The third kappa shape index (κ3) is 5.76. The molecule has 1 unspecified atom stereocenters. The fourth-order valence-corrected chi connectivity index (χ4v) is 12.7. The number of hydrogen-bond acceptors (Lipinski definition) is 3. The second-order valence-corrected chi connectivity index (χ2v) is 19.8. The second kappa shape index (κ2) is 14.5. The van der Waals surface area contributed by atoms with Gasteiger partial charge in [-0.05, 0) is 124 Å². The van der Waals surface area contributed by atoms with E-state index in [9.17, 15) is 0 Å². The zero-order chi connectivity index (χ0) is 44.4. The number of nitrogens with zero attached hydrogens (tertiary/aromatic N) is 2. The molecule has 0 spiro atoms. The van der Waals surface area contributed by atoms with Crippen molar-refractivity contribution in [2.75, 3.05) is 4.90 Å². The number of anilines is 2. The van der Waals surface area contributed by atoms with Crippen LogP contribution in [0.2, 0.25) is 0 Å². The maximum atomic E-state index is 6.47. The first-order valence-corrected chi connectivity index (χ1v) is 24.2. The van der Waals surface area contributed by atoms with Crippen molar-refractivity contribution in [3.63, 3.8) is 0 Å². The van der Waals surface area contributed by atoms with Gasteiger partial charge in [-0.1, -0.05) is 153 Å². The molecule has 318 valence electrons. The Bertz CT molecular complexity index is 4050. The largest absolute Gasteiger partial charge is 0.456 e. The number of allylic oxidation sites excluding steroid dienone is 2. The van der Waals surface area contributed by atoms with E-state index in [1.807, 2.05) is 11.3 Å². The molecule has 0 aliphatic heterocycles. The summed E-state index contributed by atoms with van der Waals surface area (Å²) in [5, 5.41) is 7.45. The van der Waals surface area contributed by atoms with Crippen molar-refractivity contribution in [1.82, 2.24) is 4.57 Å². The number of para-hydroxylation sites is 2. The van der Waals surface area contributed by atoms with Gasteiger partial charge in [0.25, 0.3) is 0 Å². The summed E-state index contributed by atoms with van der Waals surface area (Å²) in [5.41, 5.74) is 18.1. The molecule has 2 aliphatic carbocycles. The van der Waals surface area contributed by atoms with E-state index in [-0.39, 0.29) is 11.5 Å². The van der Waals surface area contributed by atoms with Crippen molar-refractivity contribution in [2.45, 2.75) is 31.7 Å². The van der Waals surface area contributed by atoms with Crippen molar-refractivity contribution in [3.8, 4) is 27.9 Å². The van der Waals surface area contributed by atoms with Gasteiger partial charge < -0.3 is 13.9 Å². The molecule has 0 saturated heterocycles. The molecule has 9 aromatic carbocycles. The average molecular weight is 877 g/mol. The Morgan fingerprint density at radius 2 is 1.27 bits per heavy atom. The molecule has 14 rings (SSSR count). The average Bonchev–Trinajstić information content (AvgIpc) is 4.11. The van der Waals surface area contributed by atoms with Crippen LogP contribution in [0.1, 0.15) is 37.0 Å². The Kier molecular flexibility index (Phi) is 8.32. The first-order valence-electron chi connectivity index (χ1n) is 23.3. The summed E-state index contributed by atoms with van der Waals surface area (Å²) < 4.78 is 11.6. The highest BCUT2D eigenvalue weighted by Crippen LogP contribution is 2.51. The maximum absolute atomic E-state index is 6.47. The molecule has 0 bridgehead atoms. The highest BCUT2D eigenvalue weighted by Gasteiger charge is 2.36. The standard InChI is InChI=1S/C63H44N2OS/c1-63(2)53-21-9-6-16-46(53)50-37-52-51-36-41(30-35-55(51)65(57(52)38-54(50)63)42-14-4-3-5-15-42)39-26-31-43(32-27-39)64(56-22-13-24-59-61(56)49-18-7-10-23-58(49)66-59)44-33-28-40(29-34-44)45-19-12-20-48-47-17-8-11-25-60(47)67-62(45)48/h3-31,33-38,43H,32H2,1-2H3. The van der Waals surface area contributed by atoms with Crippen molar-refractivity contribution < 1.29 is 4.42 Å². The van der Waals surface area contributed by atoms with Crippen LogP contribution in [0, 0.1) is 0 Å². The van der Waals surface area contributed by atoms with Gasteiger partial charge in [0.05, 0.1) is 28.1 Å². The third-order valence-electron chi connectivity index (χ3n) is 14.7. The Morgan fingerprint density at radius 1 is 0.552 bits per heavy atom. The number of aromatic nitrogens is 1. The van der Waals surface area contributed by atoms with Gasteiger partial charge in [-0.15, -0.1) is 11.3 Å². The van der Waals surface area contributed by atoms with Gasteiger partial charge >= 0.3 is 0 Å². The minimum absolute atomic E-state index is 0.0645. The second-order valence-electron chi connectivity index (χ2n) is 18.8. The van der Waals surface area contributed by atoms with E-state index in [1.165, 1.54) is 92.2 Å². The normalized spacial score (nSPS) is 15.3. The SMILES string of the molecule is CC1(C)c2ccccc2-c2cc3c4cc(C5=CCC(N(c6ccc(-c7cccc8c7sc7ccccc78)cc6)c6cccc7oc8ccccc8c67)C=C5)ccc4n(-c4ccccc4)c3cc21. The van der Waals surface area contributed by atoms with Gasteiger partial charge in [-0.25, -0.2) is 0 Å². The molecule has 0 N–H and O–H groups in total. The van der Waals surface area contributed by atoms with E-state index < -0.39 is 0 Å². The van der Waals surface area contributed by atoms with E-state index in [0.717, 1.165) is 39.7 Å². The predicted molar refractivity (Wildman–Crippen MR) is 284 cm³/mol. The maximum Gasteiger partial charge on any atom is 0.137 e. The summed E-state index contributed by atoms with van der Waals surface area (Å²) in [7, 11) is 0. The summed E-state index contributed by atoms with van der Waals surface area (Å²) in [6.45, 7) is 4.74. The van der Waals surface area contributed by atoms with Crippen molar-refractivity contribution >= 4 is 92.2 Å². The van der Waals surface area contributed by atoms with Crippen LogP contribution < -0.4 is 4.90 Å². The fourth-order valence-electron chi connectivity index (χ4n) is 11.5. The monoisotopic (exact) mass is 876 g/mol. The Morgan fingerprint density at radius 3 is 2.13 bits per heavy atom. The van der Waals surface area contributed by atoms with Crippen LogP contribution in [0.3, 0.4) is 0 Å². The van der Waals surface area contributed by atoms with Gasteiger partial charge in [0.1, 0.15) is 11.2 Å². The number of thiophene rings is 1. The van der Waals surface area contributed by atoms with Gasteiger partial charge in [0, 0.05) is 53.1 Å². The van der Waals surface area contributed by atoms with E-state index >= 15 is 0 Å². The summed E-state index contributed by atoms with van der Waals surface area (Å²) in [4.78, 5) is 2.52. The van der Waals surface area contributed by atoms with Crippen LogP contribution in [-0.2, 0) is 5.41 Å². The number of benzene rings is 9. The van der Waals surface area contributed by atoms with Crippen LogP contribution in [0.15, 0.2) is 217 Å². The molecule has 0 saturated carbocycles. The van der Waals surface area contributed by atoms with E-state index in [2.05, 4.69) is 236 Å². The molecule has 3 heterocycles. The van der Waals surface area contributed by atoms with E-state index in [1.54, 1.807) is 0 Å². The minimum Gasteiger partial charge on any atom is -0.456 e. The van der Waals surface area contributed by atoms with E-state index in [0.29, 0.717) is 0 Å². The molecule has 0 amide bonds. The Hall–Kier alpha value is -7.92. The smallest absolute Gasteiger partial charge is 0.137 e. The lowest BCUT2D eigenvalue weighted by molar-refractivity contribution is 0.661. The lowest BCUT2D eigenvalue weighted by atomic mass is 9.82. The summed E-state index contributed by atoms with van der Waals surface area (Å²) in [6.07, 6.45) is 8.03. The molecule has 3 aromatic heterocycles. The molecule has 0 fully saturated rings. The van der Waals surface area contributed by atoms with Crippen LogP contribution in [0.5, 0.6) is 0 Å². The van der Waals surface area contributed by atoms with Crippen LogP contribution in [0.4, 0.5) is 11.4 Å². The first kappa shape index (κ1) is 38.4. The molecule has 3 nitrogen and oxygen atoms in total. The highest BCUT2D eigenvalue weighted by molar-refractivity contribution is 7.26. The van der Waals surface area contributed by atoms with Gasteiger partial charge in [0.2, 0.25) is 0 Å². The van der Waals surface area contributed by atoms with Crippen LogP contribution in [-0.4, -0.2) is 10.6 Å². The topological polar surface area (TPSA) is 21.3 Å². The van der Waals surface area contributed by atoms with Gasteiger partial charge in [0.15, 0.2) is 0 Å². The lowest BCUT2D eigenvalue weighted by Gasteiger charge is -2.34. The minimum atomic E-state index is -0.0854. The van der Waals surface area contributed by atoms with Crippen LogP contribution in [0.25, 0.3) is 97.4 Å². The van der Waals surface area contributed by atoms with Gasteiger partial charge in [-0.3, -0.25) is 0 Å². The van der Waals surface area contributed by atoms with Crippen LogP contribution >= 0.6 is 11.3 Å². The molecule has 2 aliphatic rings. The summed E-state index contributed by atoms with van der Waals surface area (Å²) >= 11 is 1.88. The molecule has 0 radical (unpaired) electrons. The lowest BCUT2D eigenvalue weighted by Crippen LogP contribution is -2.30. The van der Waals surface area contributed by atoms with Crippen molar-refractivity contribution in [1.29, 1.82) is 0 Å². The Balaban J connectivity index is 0.876. The molecule has 67 heavy (non-hydrogen) atoms. The van der Waals surface area contributed by atoms with E-state index in [4.69, 9.17) is 4.42 Å². The zero-order valence-electron chi connectivity index (χ0n) is 37.2. The highest BCUT2D eigenvalue weighted by atomic mass is 32.1. The number of rotatable bonds is 6. The predicted octanol–water partition coefficient (Wildman–Crippen LogP) is 17.6. The van der Waals surface area contributed by atoms with Crippen molar-refractivity contribution in [3.05, 3.63) is 229 Å². The summed E-state index contributed by atoms with van der Waals surface area (Å²) in [5.74, 6) is 0. The molecular formula is C63H44N2OS. The number of fused-ring (bicyclic) bond motifs is 12. The first-order chi connectivity index (χ1) is 33.0. The molecule has 12 aromatic rings. The fraction of sp³-hybridized carbons (Fsp3) is 0.0794. The third-order valence-corrected chi connectivity index (χ3v) is 15.9. The molecular weight excluding hydrogens is 833 g/mol. The zero-order valence-corrected chi connectivity index (χ0v) is 38.0. The van der Waals surface area contributed by atoms with Gasteiger partial charge in [-0.2, -0.15) is 0 Å². The number of furan rings is 1. The quantitative estimate of drug-likeness (QED) is 0.166.